The lowest BCUT2D eigenvalue weighted by Gasteiger charge is -2.23. The second-order valence-electron chi connectivity index (χ2n) is 8.36. The minimum Gasteiger partial charge on any atom is -0.450 e. The Kier molecular flexibility index (Phi) is 7.83. The molecule has 2 N–H and O–H groups in total. The van der Waals surface area contributed by atoms with Crippen molar-refractivity contribution in [1.82, 2.24) is 10.2 Å². The number of carboxylic acid groups (broad SMARTS) is 1. The molecule has 1 saturated heterocycles. The first kappa shape index (κ1) is 23.8. The number of halogens is 1. The van der Waals surface area contributed by atoms with Crippen LogP contribution in [0.25, 0.3) is 11.1 Å². The van der Waals surface area contributed by atoms with Crippen LogP contribution in [0.1, 0.15) is 34.3 Å². The largest absolute Gasteiger partial charge is 0.507 e. The lowest BCUT2D eigenvalue weighted by molar-refractivity contribution is -0.0169. The summed E-state index contributed by atoms with van der Waals surface area (Å²) in [6, 6.07) is 23.3. The maximum absolute atomic E-state index is 12.5. The van der Waals surface area contributed by atoms with E-state index in [4.69, 9.17) is 21.4 Å². The number of likely N-dealkylation sites (tertiary alicyclic amines) is 1. The predicted molar refractivity (Wildman–Crippen MR) is 132 cm³/mol. The van der Waals surface area contributed by atoms with Crippen LogP contribution in [-0.2, 0) is 17.7 Å². The third-order valence-corrected chi connectivity index (χ3v) is 6.23. The Labute approximate surface area is 204 Å². The molecule has 6 nitrogen and oxygen atoms in total. The van der Waals surface area contributed by atoms with Gasteiger partial charge in [-0.25, -0.2) is 4.79 Å². The van der Waals surface area contributed by atoms with Gasteiger partial charge in [0.2, 0.25) is 0 Å². The number of nitrogens with one attached hydrogen (secondary N) is 1. The molecular weight excluding hydrogens is 452 g/mol. The van der Waals surface area contributed by atoms with Crippen LogP contribution in [0, 0.1) is 0 Å². The highest BCUT2D eigenvalue weighted by atomic mass is 35.5. The maximum atomic E-state index is 12.5. The van der Waals surface area contributed by atoms with Crippen molar-refractivity contribution in [3.05, 3.63) is 94.5 Å². The minimum absolute atomic E-state index is 0.0993. The highest BCUT2D eigenvalue weighted by Gasteiger charge is 2.27. The van der Waals surface area contributed by atoms with E-state index in [0.29, 0.717) is 23.7 Å². The van der Waals surface area contributed by atoms with Gasteiger partial charge in [0.15, 0.2) is 6.23 Å². The highest BCUT2D eigenvalue weighted by Crippen LogP contribution is 2.23. The van der Waals surface area contributed by atoms with E-state index in [-0.39, 0.29) is 12.1 Å². The van der Waals surface area contributed by atoms with Crippen molar-refractivity contribution < 1.29 is 19.4 Å². The summed E-state index contributed by atoms with van der Waals surface area (Å²) in [5, 5.41) is 12.5. The molecule has 0 unspecified atom stereocenters. The van der Waals surface area contributed by atoms with Gasteiger partial charge in [-0.15, -0.1) is 0 Å². The van der Waals surface area contributed by atoms with Crippen molar-refractivity contribution in [2.75, 3.05) is 13.1 Å². The highest BCUT2D eigenvalue weighted by molar-refractivity contribution is 6.30. The third-order valence-electron chi connectivity index (χ3n) is 5.97. The Morgan fingerprint density at radius 2 is 1.56 bits per heavy atom. The number of hydrogen-bond acceptors (Lipinski definition) is 4. The lowest BCUT2D eigenvalue weighted by Crippen LogP contribution is -2.32. The van der Waals surface area contributed by atoms with Gasteiger partial charge in [0, 0.05) is 30.2 Å². The van der Waals surface area contributed by atoms with E-state index in [0.717, 1.165) is 48.1 Å². The second-order valence-corrected chi connectivity index (χ2v) is 8.79. The number of rotatable bonds is 8. The molecule has 1 atom stereocenters. The molecule has 0 spiro atoms. The van der Waals surface area contributed by atoms with Gasteiger partial charge in [0.25, 0.3) is 5.91 Å². The molecule has 0 aliphatic carbocycles. The topological polar surface area (TPSA) is 78.9 Å². The second kappa shape index (κ2) is 11.2. The molecule has 176 valence electrons. The van der Waals surface area contributed by atoms with E-state index in [1.54, 1.807) is 0 Å². The van der Waals surface area contributed by atoms with Gasteiger partial charge in [-0.3, -0.25) is 9.69 Å². The van der Waals surface area contributed by atoms with Crippen LogP contribution in [-0.4, -0.2) is 41.4 Å². The zero-order valence-electron chi connectivity index (χ0n) is 18.7. The van der Waals surface area contributed by atoms with Crippen LogP contribution >= 0.6 is 11.6 Å². The van der Waals surface area contributed by atoms with Crippen molar-refractivity contribution in [2.24, 2.45) is 0 Å². The minimum atomic E-state index is -1.23. The van der Waals surface area contributed by atoms with Crippen molar-refractivity contribution in [3.8, 4) is 11.1 Å². The van der Waals surface area contributed by atoms with E-state index in [2.05, 4.69) is 5.32 Å². The van der Waals surface area contributed by atoms with Gasteiger partial charge in [-0.2, -0.15) is 0 Å². The Hall–Kier alpha value is -3.35. The summed E-state index contributed by atoms with van der Waals surface area (Å²) in [6.45, 7) is 2.02. The average Bonchev–Trinajstić information content (AvgIpc) is 3.26. The van der Waals surface area contributed by atoms with E-state index < -0.39 is 6.16 Å². The summed E-state index contributed by atoms with van der Waals surface area (Å²) in [5.41, 5.74) is 4.94. The van der Waals surface area contributed by atoms with Crippen LogP contribution in [0.4, 0.5) is 4.79 Å². The van der Waals surface area contributed by atoms with Gasteiger partial charge in [-0.05, 0) is 65.8 Å². The van der Waals surface area contributed by atoms with E-state index >= 15 is 0 Å². The SMILES string of the molecule is O=C(O)O[C@H]1CCCN1Cc1ccc(CCNC(=O)c2ccc(-c3ccc(Cl)cc3)cc2)cc1. The van der Waals surface area contributed by atoms with Crippen molar-refractivity contribution in [2.45, 2.75) is 32.0 Å². The van der Waals surface area contributed by atoms with E-state index in [9.17, 15) is 9.59 Å². The van der Waals surface area contributed by atoms with Gasteiger partial charge >= 0.3 is 6.16 Å². The molecule has 1 aliphatic rings. The van der Waals surface area contributed by atoms with Crippen molar-refractivity contribution >= 4 is 23.7 Å². The van der Waals surface area contributed by atoms with Gasteiger partial charge in [-0.1, -0.05) is 60.1 Å². The Balaban J connectivity index is 1.24. The number of carbonyl (C=O) groups is 2. The summed E-state index contributed by atoms with van der Waals surface area (Å²) in [6.07, 6.45) is 0.788. The van der Waals surface area contributed by atoms with Crippen molar-refractivity contribution in [1.29, 1.82) is 0 Å². The number of carbonyl (C=O) groups excluding carboxylic acids is 1. The number of benzene rings is 3. The summed E-state index contributed by atoms with van der Waals surface area (Å²) in [5.74, 6) is -0.0993. The van der Waals surface area contributed by atoms with Gasteiger partial charge in [0.05, 0.1) is 0 Å². The molecule has 3 aromatic rings. The molecular formula is C27H27ClN2O4. The molecule has 0 radical (unpaired) electrons. The predicted octanol–water partition coefficient (Wildman–Crippen LogP) is 5.60. The molecule has 0 saturated carbocycles. The van der Waals surface area contributed by atoms with E-state index in [1.807, 2.05) is 77.7 Å². The first-order chi connectivity index (χ1) is 16.5. The zero-order chi connectivity index (χ0) is 23.9. The van der Waals surface area contributed by atoms with Crippen LogP contribution in [0.15, 0.2) is 72.8 Å². The van der Waals surface area contributed by atoms with Gasteiger partial charge in [0.1, 0.15) is 0 Å². The molecule has 7 heteroatoms. The maximum Gasteiger partial charge on any atom is 0.507 e. The summed E-state index contributed by atoms with van der Waals surface area (Å²) in [7, 11) is 0. The number of ether oxygens (including phenoxy) is 1. The smallest absolute Gasteiger partial charge is 0.450 e. The monoisotopic (exact) mass is 478 g/mol. The van der Waals surface area contributed by atoms with E-state index in [1.165, 1.54) is 0 Å². The van der Waals surface area contributed by atoms with Crippen LogP contribution in [0.3, 0.4) is 0 Å². The fraction of sp³-hybridized carbons (Fsp3) is 0.259. The number of amides is 1. The fourth-order valence-corrected chi connectivity index (χ4v) is 4.28. The first-order valence-corrected chi connectivity index (χ1v) is 11.7. The Morgan fingerprint density at radius 1 is 0.941 bits per heavy atom. The van der Waals surface area contributed by atoms with Gasteiger partial charge < -0.3 is 15.2 Å². The average molecular weight is 479 g/mol. The number of nitrogens with zero attached hydrogens (tertiary/aromatic N) is 1. The van der Waals surface area contributed by atoms with Crippen LogP contribution in [0.2, 0.25) is 5.02 Å². The molecule has 1 heterocycles. The number of hydrogen-bond donors (Lipinski definition) is 2. The zero-order valence-corrected chi connectivity index (χ0v) is 19.5. The van der Waals surface area contributed by atoms with Crippen LogP contribution < -0.4 is 5.32 Å². The quantitative estimate of drug-likeness (QED) is 0.412. The van der Waals surface area contributed by atoms with Crippen LogP contribution in [0.5, 0.6) is 0 Å². The van der Waals surface area contributed by atoms with Crippen molar-refractivity contribution in [3.63, 3.8) is 0 Å². The lowest BCUT2D eigenvalue weighted by atomic mass is 10.0. The molecule has 0 aromatic heterocycles. The normalized spacial score (nSPS) is 15.7. The molecule has 4 rings (SSSR count). The fourth-order valence-electron chi connectivity index (χ4n) is 4.15. The molecule has 0 bridgehead atoms. The summed E-state index contributed by atoms with van der Waals surface area (Å²) < 4.78 is 4.96. The Bertz CT molecular complexity index is 1110. The molecule has 1 aliphatic heterocycles. The molecule has 1 amide bonds. The first-order valence-electron chi connectivity index (χ1n) is 11.3. The standard InChI is InChI=1S/C27H27ClN2O4/c28-24-13-11-22(12-14-24)21-7-9-23(10-8-21)26(31)29-16-15-19-3-5-20(6-4-19)18-30-17-1-2-25(30)34-27(32)33/h3-14,25H,1-2,15-18H2,(H,29,31)(H,32,33)/t25-/m0/s1. The Morgan fingerprint density at radius 3 is 2.21 bits per heavy atom. The molecule has 1 fully saturated rings. The summed E-state index contributed by atoms with van der Waals surface area (Å²) >= 11 is 5.94. The molecule has 34 heavy (non-hydrogen) atoms. The summed E-state index contributed by atoms with van der Waals surface area (Å²) in [4.78, 5) is 25.4. The molecule has 3 aromatic carbocycles. The third kappa shape index (κ3) is 6.37.